The van der Waals surface area contributed by atoms with Crippen LogP contribution in [-0.4, -0.2) is 21.6 Å². The zero-order chi connectivity index (χ0) is 19.5. The van der Waals surface area contributed by atoms with E-state index < -0.39 is 17.9 Å². The molecular weight excluding hydrogens is 332 g/mol. The zero-order valence-electron chi connectivity index (χ0n) is 15.4. The molecule has 0 saturated carbocycles. The Kier molecular flexibility index (Phi) is 5.65. The molecule has 1 heterocycles. The number of pyridine rings is 1. The molecule has 26 heavy (non-hydrogen) atoms. The van der Waals surface area contributed by atoms with E-state index in [1.54, 1.807) is 0 Å². The number of carboxylic acid groups (broad SMARTS) is 1. The van der Waals surface area contributed by atoms with Crippen molar-refractivity contribution in [3.8, 4) is 0 Å². The second kappa shape index (κ2) is 7.56. The van der Waals surface area contributed by atoms with E-state index in [4.69, 9.17) is 0 Å². The van der Waals surface area contributed by atoms with Gasteiger partial charge in [-0.25, -0.2) is 0 Å². The van der Waals surface area contributed by atoms with E-state index in [0.29, 0.717) is 5.56 Å². The number of hydrogen-bond donors (Lipinski definition) is 2. The molecule has 2 N–H and O–H groups in total. The molecule has 0 aliphatic rings. The van der Waals surface area contributed by atoms with Gasteiger partial charge in [-0.15, -0.1) is 0 Å². The first-order valence-corrected chi connectivity index (χ1v) is 8.38. The third-order valence-electron chi connectivity index (χ3n) is 4.28. The predicted octanol–water partition coefficient (Wildman–Crippen LogP) is 2.63. The SMILES string of the molecule is Cn1c(C(=O)NC(CC(=O)O)c2ccc(C(C)(C)C)cc2)cccc1=O. The van der Waals surface area contributed by atoms with Crippen molar-refractivity contribution in [3.05, 3.63) is 69.6 Å². The van der Waals surface area contributed by atoms with Crippen molar-refractivity contribution in [2.45, 2.75) is 38.6 Å². The fourth-order valence-corrected chi connectivity index (χ4v) is 2.67. The van der Waals surface area contributed by atoms with Crippen LogP contribution >= 0.6 is 0 Å². The number of amides is 1. The molecule has 1 unspecified atom stereocenters. The topological polar surface area (TPSA) is 88.4 Å². The Bertz CT molecular complexity index is 861. The third kappa shape index (κ3) is 4.59. The first-order chi connectivity index (χ1) is 12.1. The van der Waals surface area contributed by atoms with Crippen molar-refractivity contribution in [2.75, 3.05) is 0 Å². The summed E-state index contributed by atoms with van der Waals surface area (Å²) in [5, 5.41) is 11.9. The molecule has 138 valence electrons. The maximum atomic E-state index is 12.5. The first-order valence-electron chi connectivity index (χ1n) is 8.38. The van der Waals surface area contributed by atoms with Gasteiger partial charge in [0.2, 0.25) is 0 Å². The van der Waals surface area contributed by atoms with Crippen molar-refractivity contribution in [1.29, 1.82) is 0 Å². The van der Waals surface area contributed by atoms with Crippen LogP contribution in [0.25, 0.3) is 0 Å². The predicted molar refractivity (Wildman–Crippen MR) is 99.3 cm³/mol. The average Bonchev–Trinajstić information content (AvgIpc) is 2.55. The summed E-state index contributed by atoms with van der Waals surface area (Å²) in [5.41, 5.74) is 1.68. The lowest BCUT2D eigenvalue weighted by Gasteiger charge is -2.22. The van der Waals surface area contributed by atoms with E-state index >= 15 is 0 Å². The van der Waals surface area contributed by atoms with E-state index in [9.17, 15) is 19.5 Å². The standard InChI is InChI=1S/C20H24N2O4/c1-20(2,3)14-10-8-13(9-11-14)15(12-18(24)25)21-19(26)16-6-5-7-17(23)22(16)4/h5-11,15H,12H2,1-4H3,(H,21,26)(H,24,25). The van der Waals surface area contributed by atoms with Crippen molar-refractivity contribution in [1.82, 2.24) is 9.88 Å². The molecule has 1 amide bonds. The van der Waals surface area contributed by atoms with Crippen LogP contribution in [0.1, 0.15) is 54.8 Å². The molecule has 1 atom stereocenters. The van der Waals surface area contributed by atoms with Gasteiger partial charge in [-0.05, 0) is 22.6 Å². The Morgan fingerprint density at radius 1 is 1.12 bits per heavy atom. The highest BCUT2D eigenvalue weighted by molar-refractivity contribution is 5.93. The van der Waals surface area contributed by atoms with Crippen LogP contribution in [0.2, 0.25) is 0 Å². The summed E-state index contributed by atoms with van der Waals surface area (Å²) in [7, 11) is 1.50. The van der Waals surface area contributed by atoms with E-state index in [-0.39, 0.29) is 23.1 Å². The number of nitrogens with zero attached hydrogens (tertiary/aromatic N) is 1. The van der Waals surface area contributed by atoms with Gasteiger partial charge in [0, 0.05) is 13.1 Å². The van der Waals surface area contributed by atoms with E-state index in [0.717, 1.165) is 5.56 Å². The van der Waals surface area contributed by atoms with Gasteiger partial charge in [0.1, 0.15) is 5.69 Å². The molecule has 6 heteroatoms. The fraction of sp³-hybridized carbons (Fsp3) is 0.350. The van der Waals surface area contributed by atoms with Crippen molar-refractivity contribution in [2.24, 2.45) is 7.05 Å². The summed E-state index contributed by atoms with van der Waals surface area (Å²) in [6.07, 6.45) is -0.249. The Hall–Kier alpha value is -2.89. The Labute approximate surface area is 152 Å². The van der Waals surface area contributed by atoms with Crippen LogP contribution < -0.4 is 10.9 Å². The average molecular weight is 356 g/mol. The van der Waals surface area contributed by atoms with Crippen LogP contribution in [0.3, 0.4) is 0 Å². The lowest BCUT2D eigenvalue weighted by molar-refractivity contribution is -0.137. The molecule has 1 aromatic heterocycles. The fourth-order valence-electron chi connectivity index (χ4n) is 2.67. The lowest BCUT2D eigenvalue weighted by Crippen LogP contribution is -2.34. The summed E-state index contributed by atoms with van der Waals surface area (Å²) >= 11 is 0. The van der Waals surface area contributed by atoms with Crippen LogP contribution in [0.5, 0.6) is 0 Å². The summed E-state index contributed by atoms with van der Waals surface area (Å²) < 4.78 is 1.23. The molecule has 6 nitrogen and oxygen atoms in total. The highest BCUT2D eigenvalue weighted by Crippen LogP contribution is 2.25. The number of carboxylic acids is 1. The lowest BCUT2D eigenvalue weighted by atomic mass is 9.86. The highest BCUT2D eigenvalue weighted by atomic mass is 16.4. The molecule has 0 fully saturated rings. The Morgan fingerprint density at radius 3 is 2.27 bits per heavy atom. The summed E-state index contributed by atoms with van der Waals surface area (Å²) in [6.45, 7) is 6.28. The molecule has 2 aromatic rings. The number of rotatable bonds is 5. The van der Waals surface area contributed by atoms with Crippen LogP contribution in [0, 0.1) is 0 Å². The normalized spacial score (nSPS) is 12.5. The molecule has 2 rings (SSSR count). The minimum atomic E-state index is -1.02. The third-order valence-corrected chi connectivity index (χ3v) is 4.28. The van der Waals surface area contributed by atoms with Gasteiger partial charge in [0.25, 0.3) is 11.5 Å². The molecule has 0 spiro atoms. The minimum Gasteiger partial charge on any atom is -0.481 e. The van der Waals surface area contributed by atoms with Gasteiger partial charge < -0.3 is 15.0 Å². The molecule has 0 radical (unpaired) electrons. The molecule has 0 aliphatic heterocycles. The van der Waals surface area contributed by atoms with Gasteiger partial charge in [-0.1, -0.05) is 51.1 Å². The number of carbonyl (C=O) groups is 2. The van der Waals surface area contributed by atoms with Crippen molar-refractivity contribution in [3.63, 3.8) is 0 Å². The molecular formula is C20H24N2O4. The Morgan fingerprint density at radius 2 is 1.73 bits per heavy atom. The van der Waals surface area contributed by atoms with Gasteiger partial charge in [0.05, 0.1) is 12.5 Å². The quantitative estimate of drug-likeness (QED) is 0.862. The zero-order valence-corrected chi connectivity index (χ0v) is 15.4. The Balaban J connectivity index is 2.30. The maximum Gasteiger partial charge on any atom is 0.305 e. The summed E-state index contributed by atoms with van der Waals surface area (Å²) in [4.78, 5) is 35.5. The van der Waals surface area contributed by atoms with Gasteiger partial charge in [-0.2, -0.15) is 0 Å². The van der Waals surface area contributed by atoms with E-state index in [1.165, 1.54) is 29.8 Å². The van der Waals surface area contributed by atoms with E-state index in [2.05, 4.69) is 26.1 Å². The largest absolute Gasteiger partial charge is 0.481 e. The molecule has 1 aromatic carbocycles. The van der Waals surface area contributed by atoms with Gasteiger partial charge >= 0.3 is 5.97 Å². The number of aromatic nitrogens is 1. The smallest absolute Gasteiger partial charge is 0.305 e. The van der Waals surface area contributed by atoms with Gasteiger partial charge in [-0.3, -0.25) is 14.4 Å². The van der Waals surface area contributed by atoms with Crippen LogP contribution in [0.15, 0.2) is 47.3 Å². The summed E-state index contributed by atoms with van der Waals surface area (Å²) in [6, 6.07) is 11.2. The van der Waals surface area contributed by atoms with Crippen LogP contribution in [-0.2, 0) is 17.3 Å². The molecule has 0 aliphatic carbocycles. The maximum absolute atomic E-state index is 12.5. The van der Waals surface area contributed by atoms with Crippen molar-refractivity contribution >= 4 is 11.9 Å². The van der Waals surface area contributed by atoms with Crippen LogP contribution in [0.4, 0.5) is 0 Å². The van der Waals surface area contributed by atoms with Gasteiger partial charge in [0.15, 0.2) is 0 Å². The number of hydrogen-bond acceptors (Lipinski definition) is 3. The second-order valence-corrected chi connectivity index (χ2v) is 7.30. The molecule has 0 saturated heterocycles. The van der Waals surface area contributed by atoms with Crippen molar-refractivity contribution < 1.29 is 14.7 Å². The number of benzene rings is 1. The summed E-state index contributed by atoms with van der Waals surface area (Å²) in [5.74, 6) is -1.51. The highest BCUT2D eigenvalue weighted by Gasteiger charge is 2.21. The minimum absolute atomic E-state index is 0.0214. The second-order valence-electron chi connectivity index (χ2n) is 7.30. The monoisotopic (exact) mass is 356 g/mol. The first kappa shape index (κ1) is 19.4. The number of aliphatic carboxylic acids is 1. The number of carbonyl (C=O) groups excluding carboxylic acids is 1. The van der Waals surface area contributed by atoms with E-state index in [1.807, 2.05) is 24.3 Å². The number of nitrogens with one attached hydrogen (secondary N) is 1. The molecule has 0 bridgehead atoms.